The third-order valence-corrected chi connectivity index (χ3v) is 1.89. The van der Waals surface area contributed by atoms with E-state index in [-0.39, 0.29) is 24.0 Å². The van der Waals surface area contributed by atoms with E-state index in [1.165, 1.54) is 12.2 Å². The van der Waals surface area contributed by atoms with E-state index in [9.17, 15) is 5.11 Å². The molecule has 0 aromatic carbocycles. The van der Waals surface area contributed by atoms with Crippen LogP contribution in [0.25, 0.3) is 0 Å². The molecule has 0 radical (unpaired) electrons. The molecule has 0 aromatic rings. The van der Waals surface area contributed by atoms with Crippen molar-refractivity contribution >= 4 is 5.90 Å². The molecule has 0 aliphatic rings. The van der Waals surface area contributed by atoms with Gasteiger partial charge < -0.3 is 20.1 Å². The summed E-state index contributed by atoms with van der Waals surface area (Å²) >= 11 is 0. The van der Waals surface area contributed by atoms with Crippen molar-refractivity contribution in [2.45, 2.75) is 13.3 Å². The monoisotopic (exact) mass is 227 g/mol. The highest BCUT2D eigenvalue weighted by Crippen LogP contribution is 2.15. The van der Waals surface area contributed by atoms with Gasteiger partial charge in [-0.05, 0) is 12.5 Å². The van der Waals surface area contributed by atoms with E-state index < -0.39 is 5.92 Å². The summed E-state index contributed by atoms with van der Waals surface area (Å²) in [6, 6.07) is 0. The number of rotatable bonds is 6. The van der Waals surface area contributed by atoms with E-state index >= 15 is 0 Å². The maximum atomic E-state index is 9.54. The van der Waals surface area contributed by atoms with Crippen LogP contribution in [0.15, 0.2) is 36.5 Å². The van der Waals surface area contributed by atoms with Crippen LogP contribution in [0, 0.1) is 11.3 Å². The molecule has 0 amide bonds. The number of hydrogen-bond donors (Lipinski definition) is 4. The predicted molar refractivity (Wildman–Crippen MR) is 61.7 cm³/mol. The van der Waals surface area contributed by atoms with E-state index in [1.54, 1.807) is 6.92 Å². The molecule has 0 fully saturated rings. The first-order chi connectivity index (χ1) is 7.56. The Labute approximate surface area is 94.5 Å². The first kappa shape index (κ1) is 14.1. The highest BCUT2D eigenvalue weighted by atomic mass is 16.5. The van der Waals surface area contributed by atoms with Gasteiger partial charge >= 0.3 is 0 Å². The first-order valence-electron chi connectivity index (χ1n) is 4.81. The molecule has 4 N–H and O–H groups in total. The van der Waals surface area contributed by atoms with Crippen LogP contribution in [0.3, 0.4) is 0 Å². The van der Waals surface area contributed by atoms with Gasteiger partial charge in [-0.15, -0.1) is 0 Å². The third-order valence-electron chi connectivity index (χ3n) is 1.89. The molecule has 90 valence electrons. The van der Waals surface area contributed by atoms with Crippen LogP contribution in [-0.2, 0) is 4.74 Å². The molecule has 5 nitrogen and oxygen atoms in total. The van der Waals surface area contributed by atoms with Crippen LogP contribution >= 0.6 is 0 Å². The molecule has 0 heterocycles. The van der Waals surface area contributed by atoms with Crippen LogP contribution in [0.2, 0.25) is 0 Å². The maximum Gasteiger partial charge on any atom is 0.191 e. The molecule has 0 saturated heterocycles. The molecule has 0 aliphatic heterocycles. The molecule has 16 heavy (non-hydrogen) atoms. The largest absolute Gasteiger partial charge is 0.512 e. The Balaban J connectivity index is 4.43. The summed E-state index contributed by atoms with van der Waals surface area (Å²) in [5, 5.41) is 34.4. The van der Waals surface area contributed by atoms with Crippen molar-refractivity contribution in [3.63, 3.8) is 0 Å². The molecule has 0 saturated carbocycles. The van der Waals surface area contributed by atoms with Crippen molar-refractivity contribution in [1.82, 2.24) is 0 Å². The van der Waals surface area contributed by atoms with Crippen molar-refractivity contribution in [3.05, 3.63) is 36.5 Å². The molecular weight excluding hydrogens is 210 g/mol. The van der Waals surface area contributed by atoms with Gasteiger partial charge in [0.2, 0.25) is 0 Å². The Hall–Kier alpha value is -1.91. The van der Waals surface area contributed by atoms with Gasteiger partial charge in [0.1, 0.15) is 18.6 Å². The molecule has 1 unspecified atom stereocenters. The fourth-order valence-corrected chi connectivity index (χ4v) is 1.06. The van der Waals surface area contributed by atoms with Crippen LogP contribution in [0.4, 0.5) is 0 Å². The molecule has 0 aliphatic carbocycles. The topological polar surface area (TPSA) is 93.8 Å². The van der Waals surface area contributed by atoms with Crippen LogP contribution < -0.4 is 0 Å². The minimum atomic E-state index is -0.565. The van der Waals surface area contributed by atoms with Gasteiger partial charge in [0.05, 0.1) is 5.92 Å². The molecule has 0 spiro atoms. The maximum absolute atomic E-state index is 9.54. The molecular formula is C11H17NO4. The Morgan fingerprint density at radius 3 is 2.56 bits per heavy atom. The molecule has 0 rings (SSSR count). The highest BCUT2D eigenvalue weighted by Gasteiger charge is 2.18. The number of aliphatic hydroxyl groups is 3. The summed E-state index contributed by atoms with van der Waals surface area (Å²) in [6.45, 7) is 4.93. The standard InChI is InChI=1S/C11H17NO4/c1-3-5-10(15)9(4-2)11(12)16-7-8(14)6-13/h3,5-6,9,12-15H,1,4,7H2,2H3/b8-6-,10-5+,12-11?. The van der Waals surface area contributed by atoms with Crippen molar-refractivity contribution in [2.75, 3.05) is 6.61 Å². The van der Waals surface area contributed by atoms with E-state index in [2.05, 4.69) is 6.58 Å². The SMILES string of the molecule is C=C/C=C(/O)C(CC)C(=N)OC/C(O)=C/O. The van der Waals surface area contributed by atoms with Crippen LogP contribution in [0.5, 0.6) is 0 Å². The number of nitrogens with one attached hydrogen (secondary N) is 1. The highest BCUT2D eigenvalue weighted by molar-refractivity contribution is 5.78. The van der Waals surface area contributed by atoms with Crippen molar-refractivity contribution in [3.8, 4) is 0 Å². The smallest absolute Gasteiger partial charge is 0.191 e. The van der Waals surface area contributed by atoms with Gasteiger partial charge in [0.15, 0.2) is 11.7 Å². The van der Waals surface area contributed by atoms with E-state index in [0.29, 0.717) is 12.7 Å². The third kappa shape index (κ3) is 4.54. The molecule has 0 bridgehead atoms. The zero-order valence-corrected chi connectivity index (χ0v) is 9.18. The van der Waals surface area contributed by atoms with Crippen molar-refractivity contribution < 1.29 is 20.1 Å². The minimum absolute atomic E-state index is 0.0185. The zero-order valence-electron chi connectivity index (χ0n) is 9.18. The lowest BCUT2D eigenvalue weighted by Gasteiger charge is -2.15. The van der Waals surface area contributed by atoms with E-state index in [0.717, 1.165) is 0 Å². The van der Waals surface area contributed by atoms with Crippen LogP contribution in [0.1, 0.15) is 13.3 Å². The van der Waals surface area contributed by atoms with Gasteiger partial charge in [-0.3, -0.25) is 5.41 Å². The Kier molecular flexibility index (Phi) is 6.51. The summed E-state index contributed by atoms with van der Waals surface area (Å²) < 4.78 is 4.89. The van der Waals surface area contributed by atoms with Gasteiger partial charge in [0, 0.05) is 0 Å². The summed E-state index contributed by atoms with van der Waals surface area (Å²) in [6.07, 6.45) is 3.77. The lowest BCUT2D eigenvalue weighted by Crippen LogP contribution is -2.19. The van der Waals surface area contributed by atoms with Gasteiger partial charge in [-0.25, -0.2) is 0 Å². The average Bonchev–Trinajstić information content (AvgIpc) is 2.27. The summed E-state index contributed by atoms with van der Waals surface area (Å²) in [5.41, 5.74) is 0. The average molecular weight is 227 g/mol. The number of aliphatic hydroxyl groups excluding tert-OH is 3. The quantitative estimate of drug-likeness (QED) is 0.243. The van der Waals surface area contributed by atoms with Crippen LogP contribution in [-0.4, -0.2) is 27.8 Å². The zero-order chi connectivity index (χ0) is 12.6. The Morgan fingerprint density at radius 2 is 2.12 bits per heavy atom. The van der Waals surface area contributed by atoms with Gasteiger partial charge in [0.25, 0.3) is 0 Å². The van der Waals surface area contributed by atoms with E-state index in [1.807, 2.05) is 0 Å². The second kappa shape index (κ2) is 7.39. The van der Waals surface area contributed by atoms with Crippen molar-refractivity contribution in [2.24, 2.45) is 5.92 Å². The molecule has 0 aromatic heterocycles. The first-order valence-corrected chi connectivity index (χ1v) is 4.81. The Bertz CT molecular complexity index is 307. The van der Waals surface area contributed by atoms with Gasteiger partial charge in [-0.1, -0.05) is 19.6 Å². The number of ether oxygens (including phenoxy) is 1. The summed E-state index contributed by atoms with van der Waals surface area (Å²) in [5.74, 6) is -1.14. The molecule has 5 heteroatoms. The lowest BCUT2D eigenvalue weighted by molar-refractivity contribution is 0.226. The minimum Gasteiger partial charge on any atom is -0.512 e. The predicted octanol–water partition coefficient (Wildman–Crippen LogP) is 2.59. The van der Waals surface area contributed by atoms with E-state index in [4.69, 9.17) is 20.4 Å². The summed E-state index contributed by atoms with van der Waals surface area (Å²) in [4.78, 5) is 0. The Morgan fingerprint density at radius 1 is 1.50 bits per heavy atom. The van der Waals surface area contributed by atoms with Gasteiger partial charge in [-0.2, -0.15) is 0 Å². The lowest BCUT2D eigenvalue weighted by atomic mass is 10.0. The molecule has 1 atom stereocenters. The number of allylic oxidation sites excluding steroid dienone is 2. The summed E-state index contributed by atoms with van der Waals surface area (Å²) in [7, 11) is 0. The van der Waals surface area contributed by atoms with Crippen molar-refractivity contribution in [1.29, 1.82) is 5.41 Å². The second-order valence-electron chi connectivity index (χ2n) is 3.06. The fraction of sp³-hybridized carbons (Fsp3) is 0.364. The number of hydrogen-bond acceptors (Lipinski definition) is 5. The normalized spacial score (nSPS) is 14.3. The second-order valence-corrected chi connectivity index (χ2v) is 3.06. The fourth-order valence-electron chi connectivity index (χ4n) is 1.06.